The van der Waals surface area contributed by atoms with Gasteiger partial charge in [0.05, 0.1) is 0 Å². The van der Waals surface area contributed by atoms with E-state index < -0.39 is 0 Å². The van der Waals surface area contributed by atoms with Crippen LogP contribution >= 0.6 is 23.4 Å². The first kappa shape index (κ1) is 9.05. The van der Waals surface area contributed by atoms with Gasteiger partial charge in [0.25, 0.3) is 0 Å². The Morgan fingerprint density at radius 2 is 2.33 bits per heavy atom. The van der Waals surface area contributed by atoms with Crippen LogP contribution in [0.25, 0.3) is 0 Å². The van der Waals surface area contributed by atoms with E-state index in [4.69, 9.17) is 11.6 Å². The average Bonchev–Trinajstić information content (AvgIpc) is 1.63. The van der Waals surface area contributed by atoms with Crippen LogP contribution in [-0.4, -0.2) is 10.3 Å². The lowest BCUT2D eigenvalue weighted by atomic mass is 10.6. The molecule has 0 saturated heterocycles. The van der Waals surface area contributed by atoms with Crippen molar-refractivity contribution in [2.24, 2.45) is 4.99 Å². The Hall–Kier alpha value is 0.0500. The third-order valence-corrected chi connectivity index (χ3v) is 1.57. The molecule has 0 aliphatic carbocycles. The van der Waals surface area contributed by atoms with E-state index in [1.165, 1.54) is 11.8 Å². The minimum atomic E-state index is 0.574. The van der Waals surface area contributed by atoms with Crippen molar-refractivity contribution in [1.82, 2.24) is 0 Å². The Bertz CT molecular complexity index is 131. The highest BCUT2D eigenvalue weighted by Crippen LogP contribution is 2.09. The van der Waals surface area contributed by atoms with Crippen LogP contribution in [0.2, 0.25) is 0 Å². The smallest absolute Gasteiger partial charge is 0.162 e. The fraction of sp³-hybridized carbons (Fsp3) is 0.500. The molecule has 0 aromatic carbocycles. The molecule has 0 rings (SSSR count). The van der Waals surface area contributed by atoms with E-state index in [1.807, 2.05) is 13.8 Å². The molecule has 0 fully saturated rings. The highest BCUT2D eigenvalue weighted by molar-refractivity contribution is 8.16. The summed E-state index contributed by atoms with van der Waals surface area (Å²) >= 11 is 7.14. The van der Waals surface area contributed by atoms with Gasteiger partial charge in [0.1, 0.15) is 0 Å². The van der Waals surface area contributed by atoms with Crippen molar-refractivity contribution in [2.75, 3.05) is 5.75 Å². The van der Waals surface area contributed by atoms with Gasteiger partial charge in [-0.1, -0.05) is 36.9 Å². The zero-order valence-electron chi connectivity index (χ0n) is 5.65. The molecule has 0 unspecified atom stereocenters. The van der Waals surface area contributed by atoms with E-state index in [1.54, 1.807) is 0 Å². The molecule has 0 radical (unpaired) electrons. The zero-order valence-corrected chi connectivity index (χ0v) is 7.22. The van der Waals surface area contributed by atoms with Gasteiger partial charge in [-0.25, -0.2) is 4.99 Å². The minimum Gasteiger partial charge on any atom is -0.235 e. The summed E-state index contributed by atoms with van der Waals surface area (Å²) in [7, 11) is 0. The summed E-state index contributed by atoms with van der Waals surface area (Å²) in [5, 5.41) is 0. The van der Waals surface area contributed by atoms with E-state index in [-0.39, 0.29) is 0 Å². The van der Waals surface area contributed by atoms with E-state index in [2.05, 4.69) is 11.6 Å². The minimum absolute atomic E-state index is 0.574. The van der Waals surface area contributed by atoms with Gasteiger partial charge >= 0.3 is 0 Å². The second-order valence-corrected chi connectivity index (χ2v) is 3.37. The van der Waals surface area contributed by atoms with Crippen molar-refractivity contribution < 1.29 is 0 Å². The van der Waals surface area contributed by atoms with Crippen LogP contribution < -0.4 is 0 Å². The molecule has 0 aromatic heterocycles. The van der Waals surface area contributed by atoms with Crippen LogP contribution in [0.1, 0.15) is 13.8 Å². The summed E-state index contributed by atoms with van der Waals surface area (Å²) in [6, 6.07) is 0. The predicted molar refractivity (Wildman–Crippen MR) is 46.2 cm³/mol. The predicted octanol–water partition coefficient (Wildman–Crippen LogP) is 2.87. The Morgan fingerprint density at radius 3 is 2.67 bits per heavy atom. The molecule has 1 nitrogen and oxygen atoms in total. The second-order valence-electron chi connectivity index (χ2n) is 1.53. The summed E-state index contributed by atoms with van der Waals surface area (Å²) in [5.41, 5.74) is 0.751. The highest BCUT2D eigenvalue weighted by atomic mass is 35.5. The van der Waals surface area contributed by atoms with Crippen LogP contribution in [0.3, 0.4) is 0 Å². The number of aliphatic imine (C=N–C) groups is 1. The average molecular weight is 164 g/mol. The van der Waals surface area contributed by atoms with Gasteiger partial charge in [0.15, 0.2) is 4.50 Å². The number of allylic oxidation sites excluding steroid dienone is 1. The number of hydrogen-bond donors (Lipinski definition) is 0. The highest BCUT2D eigenvalue weighted by Gasteiger charge is 1.89. The van der Waals surface area contributed by atoms with Gasteiger partial charge in [0, 0.05) is 5.70 Å². The van der Waals surface area contributed by atoms with Crippen LogP contribution in [0.15, 0.2) is 17.3 Å². The second kappa shape index (κ2) is 4.89. The Kier molecular flexibility index (Phi) is 4.91. The van der Waals surface area contributed by atoms with Crippen LogP contribution in [-0.2, 0) is 0 Å². The first-order valence-corrected chi connectivity index (χ1v) is 4.05. The van der Waals surface area contributed by atoms with E-state index in [0.717, 1.165) is 11.4 Å². The molecule has 0 aromatic rings. The van der Waals surface area contributed by atoms with E-state index in [0.29, 0.717) is 4.50 Å². The van der Waals surface area contributed by atoms with E-state index in [9.17, 15) is 0 Å². The summed E-state index contributed by atoms with van der Waals surface area (Å²) in [6.45, 7) is 7.44. The summed E-state index contributed by atoms with van der Waals surface area (Å²) in [5.74, 6) is 0.954. The number of rotatable bonds is 2. The molecule has 0 heterocycles. The standard InChI is InChI=1S/C6H10ClNS/c1-4-9-6(7)8-5(2)3/h2,4H2,1,3H3/b8-6-. The maximum Gasteiger partial charge on any atom is 0.162 e. The third-order valence-electron chi connectivity index (χ3n) is 0.542. The molecular weight excluding hydrogens is 154 g/mol. The molecule has 0 N–H and O–H groups in total. The molecule has 0 saturated carbocycles. The van der Waals surface area contributed by atoms with Gasteiger partial charge in [-0.05, 0) is 12.7 Å². The molecular formula is C6H10ClNS. The van der Waals surface area contributed by atoms with Gasteiger partial charge in [-0.15, -0.1) is 0 Å². The zero-order chi connectivity index (χ0) is 7.28. The van der Waals surface area contributed by atoms with Crippen LogP contribution in [0, 0.1) is 0 Å². The molecule has 0 bridgehead atoms. The number of thioether (sulfide) groups is 1. The van der Waals surface area contributed by atoms with Crippen molar-refractivity contribution in [2.45, 2.75) is 13.8 Å². The normalized spacial score (nSPS) is 11.7. The fourth-order valence-corrected chi connectivity index (χ4v) is 1.23. The lowest BCUT2D eigenvalue weighted by molar-refractivity contribution is 1.34. The maximum atomic E-state index is 5.63. The molecule has 9 heavy (non-hydrogen) atoms. The van der Waals surface area contributed by atoms with Gasteiger partial charge in [0.2, 0.25) is 0 Å². The summed E-state index contributed by atoms with van der Waals surface area (Å²) < 4.78 is 0.574. The topological polar surface area (TPSA) is 12.4 Å². The SMILES string of the molecule is C=C(C)/N=C(/Cl)SCC. The summed E-state index contributed by atoms with van der Waals surface area (Å²) in [6.07, 6.45) is 0. The molecule has 0 atom stereocenters. The van der Waals surface area contributed by atoms with Crippen LogP contribution in [0.5, 0.6) is 0 Å². The van der Waals surface area contributed by atoms with Crippen molar-refractivity contribution in [1.29, 1.82) is 0 Å². The quantitative estimate of drug-likeness (QED) is 0.451. The molecule has 0 aliphatic rings. The Balaban J connectivity index is 3.69. The third kappa shape index (κ3) is 5.93. The van der Waals surface area contributed by atoms with Gasteiger partial charge < -0.3 is 0 Å². The van der Waals surface area contributed by atoms with Gasteiger partial charge in [-0.3, -0.25) is 0 Å². The van der Waals surface area contributed by atoms with Crippen molar-refractivity contribution in [3.05, 3.63) is 12.3 Å². The number of halogens is 1. The Morgan fingerprint density at radius 1 is 1.78 bits per heavy atom. The van der Waals surface area contributed by atoms with Crippen LogP contribution in [0.4, 0.5) is 0 Å². The lowest BCUT2D eigenvalue weighted by Gasteiger charge is -1.91. The molecule has 0 spiro atoms. The van der Waals surface area contributed by atoms with Crippen molar-refractivity contribution in [3.8, 4) is 0 Å². The summed E-state index contributed by atoms with van der Waals surface area (Å²) in [4.78, 5) is 3.92. The monoisotopic (exact) mass is 163 g/mol. The molecule has 52 valence electrons. The largest absolute Gasteiger partial charge is 0.235 e. The fourth-order valence-electron chi connectivity index (χ4n) is 0.301. The molecule has 0 aliphatic heterocycles. The first-order chi connectivity index (χ1) is 4.16. The van der Waals surface area contributed by atoms with Crippen molar-refractivity contribution >= 4 is 27.9 Å². The first-order valence-electron chi connectivity index (χ1n) is 2.69. The van der Waals surface area contributed by atoms with E-state index >= 15 is 0 Å². The maximum absolute atomic E-state index is 5.63. The van der Waals surface area contributed by atoms with Crippen molar-refractivity contribution in [3.63, 3.8) is 0 Å². The number of nitrogens with zero attached hydrogens (tertiary/aromatic N) is 1. The van der Waals surface area contributed by atoms with Gasteiger partial charge in [-0.2, -0.15) is 0 Å². The number of hydrogen-bond acceptors (Lipinski definition) is 2. The molecule has 0 amide bonds. The lowest BCUT2D eigenvalue weighted by Crippen LogP contribution is -1.79. The Labute approximate surface area is 65.2 Å². The molecule has 3 heteroatoms.